The summed E-state index contributed by atoms with van der Waals surface area (Å²) < 4.78 is 0. The Morgan fingerprint density at radius 2 is 0.674 bits per heavy atom. The molecule has 46 heavy (non-hydrogen) atoms. The van der Waals surface area contributed by atoms with Crippen LogP contribution in [0.5, 0.6) is 0 Å². The van der Waals surface area contributed by atoms with E-state index in [1.807, 2.05) is 56.0 Å². The van der Waals surface area contributed by atoms with Gasteiger partial charge in [-0.25, -0.2) is 9.59 Å². The highest BCUT2D eigenvalue weighted by atomic mass is 16.2. The number of amides is 4. The standard InChI is InChI=1S/C40H30N4O2/c45-37-41-23-29-15-7-11-27-12-8-16-30(35(27)29)24-42-38(46)44-26-32-18-10-14-28-13-9-17-31(36(28)32)25-43(37)40(44,34-21-5-2-6-22-34)39(41,42)33-19-3-1-4-20-33/h1-22H,23-26H2. The molecule has 0 bridgehead atoms. The predicted molar refractivity (Wildman–Crippen MR) is 177 cm³/mol. The molecular weight excluding hydrogens is 568 g/mol. The number of benzene rings is 6. The number of nitrogens with zero attached hydrogens (tertiary/aromatic N) is 4. The molecule has 2 saturated heterocycles. The molecule has 4 heterocycles. The summed E-state index contributed by atoms with van der Waals surface area (Å²) in [6, 6.07) is 45.7. The second-order valence-corrected chi connectivity index (χ2v) is 12.9. The Kier molecular flexibility index (Phi) is 5.01. The molecule has 4 aliphatic rings. The Hall–Kier alpha value is -5.62. The van der Waals surface area contributed by atoms with Crippen LogP contribution in [0.15, 0.2) is 133 Å². The molecule has 0 saturated carbocycles. The number of hydrogen-bond acceptors (Lipinski definition) is 2. The Morgan fingerprint density at radius 1 is 0.370 bits per heavy atom. The molecule has 2 fully saturated rings. The van der Waals surface area contributed by atoms with Crippen LogP contribution in [-0.2, 0) is 37.5 Å². The van der Waals surface area contributed by atoms with Crippen molar-refractivity contribution in [3.63, 3.8) is 0 Å². The minimum absolute atomic E-state index is 0.0806. The summed E-state index contributed by atoms with van der Waals surface area (Å²) in [5.74, 6) is 0. The molecule has 10 rings (SSSR count). The van der Waals surface area contributed by atoms with Gasteiger partial charge in [0.2, 0.25) is 0 Å². The maximum Gasteiger partial charge on any atom is 0.325 e. The molecule has 6 aromatic carbocycles. The molecule has 222 valence electrons. The van der Waals surface area contributed by atoms with E-state index in [0.29, 0.717) is 26.2 Å². The highest BCUT2D eigenvalue weighted by Gasteiger charge is 2.80. The molecule has 6 aromatic rings. The molecule has 0 N–H and O–H groups in total. The summed E-state index contributed by atoms with van der Waals surface area (Å²) in [5.41, 5.74) is 3.86. The highest BCUT2D eigenvalue weighted by molar-refractivity contribution is 5.95. The van der Waals surface area contributed by atoms with E-state index in [-0.39, 0.29) is 12.1 Å². The summed E-state index contributed by atoms with van der Waals surface area (Å²) in [6.07, 6.45) is 0. The number of carbonyl (C=O) groups is 2. The van der Waals surface area contributed by atoms with Gasteiger partial charge < -0.3 is 0 Å². The number of urea groups is 2. The lowest BCUT2D eigenvalue weighted by atomic mass is 9.77. The fourth-order valence-corrected chi connectivity index (χ4v) is 9.20. The first-order valence-corrected chi connectivity index (χ1v) is 15.9. The smallest absolute Gasteiger partial charge is 0.289 e. The molecule has 0 aliphatic carbocycles. The van der Waals surface area contributed by atoms with E-state index in [1.165, 1.54) is 0 Å². The zero-order valence-corrected chi connectivity index (χ0v) is 25.1. The fourth-order valence-electron chi connectivity index (χ4n) is 9.20. The van der Waals surface area contributed by atoms with Crippen LogP contribution in [0.3, 0.4) is 0 Å². The minimum atomic E-state index is -1.17. The summed E-state index contributed by atoms with van der Waals surface area (Å²) >= 11 is 0. The lowest BCUT2D eigenvalue weighted by molar-refractivity contribution is -0.0861. The van der Waals surface area contributed by atoms with E-state index in [4.69, 9.17) is 0 Å². The van der Waals surface area contributed by atoms with E-state index in [1.54, 1.807) is 0 Å². The van der Waals surface area contributed by atoms with Gasteiger partial charge in [-0.05, 0) is 43.8 Å². The van der Waals surface area contributed by atoms with Crippen LogP contribution in [0.1, 0.15) is 33.4 Å². The van der Waals surface area contributed by atoms with Crippen molar-refractivity contribution in [3.05, 3.63) is 167 Å². The molecule has 6 nitrogen and oxygen atoms in total. The van der Waals surface area contributed by atoms with E-state index in [2.05, 4.69) is 97.1 Å². The zero-order valence-electron chi connectivity index (χ0n) is 25.1. The van der Waals surface area contributed by atoms with Gasteiger partial charge in [0, 0.05) is 11.1 Å². The molecule has 0 atom stereocenters. The summed E-state index contributed by atoms with van der Waals surface area (Å²) in [6.45, 7) is 1.45. The largest absolute Gasteiger partial charge is 0.325 e. The van der Waals surface area contributed by atoms with Gasteiger partial charge in [-0.1, -0.05) is 133 Å². The zero-order chi connectivity index (χ0) is 30.6. The SMILES string of the molecule is O=C1N2Cc3cccc4cccc(c34)CN3C(=O)N4Cc5cccc6cccc(c56)CN1C4(c1ccccc1)C23c1ccccc1. The van der Waals surface area contributed by atoms with Gasteiger partial charge in [-0.15, -0.1) is 0 Å². The monoisotopic (exact) mass is 598 g/mol. The second kappa shape index (κ2) is 8.98. The first-order valence-electron chi connectivity index (χ1n) is 15.9. The number of carbonyl (C=O) groups excluding carboxylic acids is 2. The van der Waals surface area contributed by atoms with Crippen molar-refractivity contribution in [2.45, 2.75) is 37.5 Å². The van der Waals surface area contributed by atoms with Gasteiger partial charge in [0.1, 0.15) is 0 Å². The van der Waals surface area contributed by atoms with E-state index >= 15 is 9.59 Å². The lowest BCUT2D eigenvalue weighted by Crippen LogP contribution is -2.63. The first kappa shape index (κ1) is 25.7. The molecule has 0 aromatic heterocycles. The van der Waals surface area contributed by atoms with Gasteiger partial charge in [-0.2, -0.15) is 0 Å². The van der Waals surface area contributed by atoms with Crippen molar-refractivity contribution in [1.82, 2.24) is 19.6 Å². The van der Waals surface area contributed by atoms with Crippen molar-refractivity contribution in [1.29, 1.82) is 0 Å². The van der Waals surface area contributed by atoms with E-state index in [0.717, 1.165) is 54.9 Å². The predicted octanol–water partition coefficient (Wildman–Crippen LogP) is 7.90. The van der Waals surface area contributed by atoms with Crippen molar-refractivity contribution in [3.8, 4) is 0 Å². The summed E-state index contributed by atoms with van der Waals surface area (Å²) in [7, 11) is 0. The van der Waals surface area contributed by atoms with Gasteiger partial charge in [0.25, 0.3) is 0 Å². The third-order valence-corrected chi connectivity index (χ3v) is 10.8. The van der Waals surface area contributed by atoms with Crippen LogP contribution in [0.4, 0.5) is 9.59 Å². The number of hydrogen-bond donors (Lipinski definition) is 0. The van der Waals surface area contributed by atoms with Gasteiger partial charge in [0.05, 0.1) is 26.2 Å². The van der Waals surface area contributed by atoms with Gasteiger partial charge >= 0.3 is 12.1 Å². The highest BCUT2D eigenvalue weighted by Crippen LogP contribution is 2.64. The molecule has 0 unspecified atom stereocenters. The van der Waals surface area contributed by atoms with E-state index < -0.39 is 11.3 Å². The third kappa shape index (κ3) is 2.93. The van der Waals surface area contributed by atoms with Crippen LogP contribution < -0.4 is 0 Å². The lowest BCUT2D eigenvalue weighted by Gasteiger charge is -2.51. The van der Waals surface area contributed by atoms with Gasteiger partial charge in [-0.3, -0.25) is 19.6 Å². The Bertz CT molecular complexity index is 1990. The molecule has 0 radical (unpaired) electrons. The number of rotatable bonds is 2. The third-order valence-electron chi connectivity index (χ3n) is 10.8. The Morgan fingerprint density at radius 3 is 0.978 bits per heavy atom. The Labute approximate surface area is 266 Å². The molecule has 4 amide bonds. The van der Waals surface area contributed by atoms with Gasteiger partial charge in [0.15, 0.2) is 11.3 Å². The molecule has 0 spiro atoms. The van der Waals surface area contributed by atoms with Crippen molar-refractivity contribution < 1.29 is 9.59 Å². The van der Waals surface area contributed by atoms with Crippen LogP contribution in [-0.4, -0.2) is 31.7 Å². The molecule has 6 heteroatoms. The van der Waals surface area contributed by atoms with Crippen LogP contribution in [0, 0.1) is 0 Å². The quantitative estimate of drug-likeness (QED) is 0.203. The fraction of sp³-hybridized carbons (Fsp3) is 0.150. The van der Waals surface area contributed by atoms with Crippen LogP contribution in [0.2, 0.25) is 0 Å². The van der Waals surface area contributed by atoms with Crippen molar-refractivity contribution >= 4 is 33.6 Å². The minimum Gasteiger partial charge on any atom is -0.289 e. The van der Waals surface area contributed by atoms with Crippen LogP contribution in [0.25, 0.3) is 21.5 Å². The summed E-state index contributed by atoms with van der Waals surface area (Å²) in [4.78, 5) is 39.0. The maximum atomic E-state index is 15.5. The first-order chi connectivity index (χ1) is 22.6. The molecule has 4 aliphatic heterocycles. The maximum absolute atomic E-state index is 15.5. The van der Waals surface area contributed by atoms with Crippen molar-refractivity contribution in [2.24, 2.45) is 0 Å². The van der Waals surface area contributed by atoms with E-state index in [9.17, 15) is 0 Å². The van der Waals surface area contributed by atoms with Crippen molar-refractivity contribution in [2.75, 3.05) is 0 Å². The topological polar surface area (TPSA) is 47.1 Å². The average molecular weight is 599 g/mol. The second-order valence-electron chi connectivity index (χ2n) is 12.9. The van der Waals surface area contributed by atoms with Crippen LogP contribution >= 0.6 is 0 Å². The normalized spacial score (nSPS) is 23.0. The Balaban J connectivity index is 1.37. The summed E-state index contributed by atoms with van der Waals surface area (Å²) in [5, 5.41) is 4.48. The molecular formula is C40H30N4O2. The average Bonchev–Trinajstić information content (AvgIpc) is 3.41.